The first-order valence-corrected chi connectivity index (χ1v) is 8.08. The summed E-state index contributed by atoms with van der Waals surface area (Å²) in [6.45, 7) is 8.99. The van der Waals surface area contributed by atoms with E-state index in [1.165, 1.54) is 33.4 Å². The van der Waals surface area contributed by atoms with E-state index in [1.807, 2.05) is 12.4 Å². The largest absolute Gasteiger partial charge is 0.263 e. The summed E-state index contributed by atoms with van der Waals surface area (Å²) in [5, 5.41) is 0. The summed E-state index contributed by atoms with van der Waals surface area (Å²) in [5.74, 6) is 0. The molecule has 1 heterocycles. The van der Waals surface area contributed by atoms with Crippen LogP contribution in [0.1, 0.15) is 31.9 Å². The molecule has 1 nitrogen and oxygen atoms in total. The summed E-state index contributed by atoms with van der Waals surface area (Å²) in [4.78, 5) is 4.55. The van der Waals surface area contributed by atoms with Crippen LogP contribution >= 0.6 is 0 Å². The van der Waals surface area contributed by atoms with Gasteiger partial charge in [-0.15, -0.1) is 0 Å². The van der Waals surface area contributed by atoms with Crippen LogP contribution in [0.25, 0.3) is 22.3 Å². The van der Waals surface area contributed by atoms with Crippen molar-refractivity contribution < 1.29 is 0 Å². The summed E-state index contributed by atoms with van der Waals surface area (Å²) in [6, 6.07) is 19.1. The molecular formula is C22H23N. The number of nitrogens with zero attached hydrogens (tertiary/aromatic N) is 1. The lowest BCUT2D eigenvalue weighted by molar-refractivity contribution is 0.593. The van der Waals surface area contributed by atoms with Gasteiger partial charge in [-0.25, -0.2) is 0 Å². The summed E-state index contributed by atoms with van der Waals surface area (Å²) >= 11 is 0. The second-order valence-electron chi connectivity index (χ2n) is 7.04. The van der Waals surface area contributed by atoms with Crippen molar-refractivity contribution in [1.82, 2.24) is 4.98 Å². The fourth-order valence-corrected chi connectivity index (χ4v) is 3.18. The number of aromatic nitrogens is 1. The van der Waals surface area contributed by atoms with E-state index in [9.17, 15) is 0 Å². The molecule has 3 rings (SSSR count). The molecule has 0 spiro atoms. The average molecular weight is 301 g/mol. The monoisotopic (exact) mass is 301 g/mol. The number of hydrogen-bond acceptors (Lipinski definition) is 1. The third kappa shape index (κ3) is 3.05. The Hall–Kier alpha value is -2.41. The molecule has 0 aliphatic heterocycles. The van der Waals surface area contributed by atoms with E-state index in [1.54, 1.807) is 0 Å². The Morgan fingerprint density at radius 3 is 1.96 bits per heavy atom. The van der Waals surface area contributed by atoms with Crippen LogP contribution in [0.2, 0.25) is 0 Å². The molecule has 3 aromatic rings. The predicted molar refractivity (Wildman–Crippen MR) is 98.5 cm³/mol. The molecule has 23 heavy (non-hydrogen) atoms. The Bertz CT molecular complexity index is 811. The summed E-state index contributed by atoms with van der Waals surface area (Å²) in [7, 11) is 0. The molecule has 0 aliphatic carbocycles. The molecule has 0 radical (unpaired) electrons. The van der Waals surface area contributed by atoms with E-state index in [4.69, 9.17) is 0 Å². The highest BCUT2D eigenvalue weighted by Crippen LogP contribution is 2.40. The topological polar surface area (TPSA) is 12.9 Å². The minimum Gasteiger partial charge on any atom is -0.263 e. The molecule has 1 heteroatoms. The molecule has 0 N–H and O–H groups in total. The van der Waals surface area contributed by atoms with Crippen LogP contribution in [0.4, 0.5) is 0 Å². The van der Waals surface area contributed by atoms with Crippen molar-refractivity contribution in [3.05, 3.63) is 78.1 Å². The number of aryl methyl sites for hydroxylation is 1. The lowest BCUT2D eigenvalue weighted by Gasteiger charge is -2.27. The van der Waals surface area contributed by atoms with Gasteiger partial charge in [-0.05, 0) is 34.6 Å². The molecule has 0 fully saturated rings. The first kappa shape index (κ1) is 15.5. The molecule has 0 unspecified atom stereocenters. The summed E-state index contributed by atoms with van der Waals surface area (Å²) < 4.78 is 0. The van der Waals surface area contributed by atoms with Crippen molar-refractivity contribution in [3.8, 4) is 22.3 Å². The van der Waals surface area contributed by atoms with E-state index < -0.39 is 0 Å². The molecule has 0 amide bonds. The second-order valence-corrected chi connectivity index (χ2v) is 7.04. The van der Waals surface area contributed by atoms with Crippen molar-refractivity contribution in [2.24, 2.45) is 0 Å². The first-order chi connectivity index (χ1) is 11.0. The smallest absolute Gasteiger partial charge is 0.0349 e. The molecule has 2 aromatic carbocycles. The first-order valence-electron chi connectivity index (χ1n) is 8.08. The van der Waals surface area contributed by atoms with E-state index in [2.05, 4.69) is 87.3 Å². The van der Waals surface area contributed by atoms with Crippen LogP contribution in [-0.4, -0.2) is 4.98 Å². The zero-order chi connectivity index (χ0) is 16.4. The van der Waals surface area contributed by atoms with Gasteiger partial charge in [0, 0.05) is 23.5 Å². The Kier molecular flexibility index (Phi) is 4.04. The van der Waals surface area contributed by atoms with Crippen LogP contribution in [0.5, 0.6) is 0 Å². The lowest BCUT2D eigenvalue weighted by atomic mass is 9.78. The van der Waals surface area contributed by atoms with Gasteiger partial charge < -0.3 is 0 Å². The minimum absolute atomic E-state index is 0.0335. The number of pyridine rings is 1. The van der Waals surface area contributed by atoms with Crippen molar-refractivity contribution >= 4 is 0 Å². The molecule has 116 valence electrons. The molecule has 0 saturated heterocycles. The van der Waals surface area contributed by atoms with Gasteiger partial charge in [-0.3, -0.25) is 4.98 Å². The van der Waals surface area contributed by atoms with Gasteiger partial charge in [0.25, 0.3) is 0 Å². The molecule has 1 aromatic heterocycles. The SMILES string of the molecule is Cc1ccccc1-c1cncc(-c2ccccc2)c1C(C)(C)C. The fraction of sp³-hybridized carbons (Fsp3) is 0.227. The van der Waals surface area contributed by atoms with Crippen molar-refractivity contribution in [2.45, 2.75) is 33.1 Å². The maximum atomic E-state index is 4.55. The van der Waals surface area contributed by atoms with E-state index in [0.29, 0.717) is 0 Å². The second kappa shape index (κ2) is 6.00. The van der Waals surface area contributed by atoms with Crippen molar-refractivity contribution in [2.75, 3.05) is 0 Å². The highest BCUT2D eigenvalue weighted by atomic mass is 14.6. The number of rotatable bonds is 2. The van der Waals surface area contributed by atoms with Gasteiger partial charge in [0.1, 0.15) is 0 Å². The molecule has 0 bridgehead atoms. The zero-order valence-electron chi connectivity index (χ0n) is 14.3. The third-order valence-corrected chi connectivity index (χ3v) is 4.22. The van der Waals surface area contributed by atoms with E-state index in [0.717, 1.165) is 0 Å². The molecule has 0 aliphatic rings. The Morgan fingerprint density at radius 2 is 1.30 bits per heavy atom. The van der Waals surface area contributed by atoms with Crippen LogP contribution in [0.3, 0.4) is 0 Å². The van der Waals surface area contributed by atoms with Crippen LogP contribution in [0.15, 0.2) is 67.0 Å². The lowest BCUT2D eigenvalue weighted by Crippen LogP contribution is -2.15. The minimum atomic E-state index is 0.0335. The maximum Gasteiger partial charge on any atom is 0.0349 e. The Balaban J connectivity index is 2.33. The van der Waals surface area contributed by atoms with Gasteiger partial charge in [0.15, 0.2) is 0 Å². The summed E-state index contributed by atoms with van der Waals surface area (Å²) in [6.07, 6.45) is 4.01. The van der Waals surface area contributed by atoms with Gasteiger partial charge >= 0.3 is 0 Å². The van der Waals surface area contributed by atoms with Gasteiger partial charge in [0.2, 0.25) is 0 Å². The average Bonchev–Trinajstić information content (AvgIpc) is 2.54. The van der Waals surface area contributed by atoms with E-state index in [-0.39, 0.29) is 5.41 Å². The van der Waals surface area contributed by atoms with Gasteiger partial charge in [-0.1, -0.05) is 75.4 Å². The quantitative estimate of drug-likeness (QED) is 0.564. The molecular weight excluding hydrogens is 278 g/mol. The standard InChI is InChI=1S/C22H23N/c1-16-10-8-9-13-18(16)20-15-23-14-19(21(20)22(2,3)4)17-11-6-5-7-12-17/h5-15H,1-4H3. The molecule has 0 saturated carbocycles. The predicted octanol–water partition coefficient (Wildman–Crippen LogP) is 6.02. The normalized spacial score (nSPS) is 11.5. The van der Waals surface area contributed by atoms with Gasteiger partial charge in [0.05, 0.1) is 0 Å². The fourth-order valence-electron chi connectivity index (χ4n) is 3.18. The number of hydrogen-bond donors (Lipinski definition) is 0. The zero-order valence-corrected chi connectivity index (χ0v) is 14.3. The van der Waals surface area contributed by atoms with Crippen LogP contribution in [-0.2, 0) is 5.41 Å². The Morgan fingerprint density at radius 1 is 0.696 bits per heavy atom. The molecule has 0 atom stereocenters. The summed E-state index contributed by atoms with van der Waals surface area (Å²) in [5.41, 5.74) is 7.61. The van der Waals surface area contributed by atoms with E-state index >= 15 is 0 Å². The Labute approximate surface area is 139 Å². The van der Waals surface area contributed by atoms with Gasteiger partial charge in [-0.2, -0.15) is 0 Å². The number of benzene rings is 2. The van der Waals surface area contributed by atoms with Crippen molar-refractivity contribution in [1.29, 1.82) is 0 Å². The van der Waals surface area contributed by atoms with Crippen LogP contribution < -0.4 is 0 Å². The highest BCUT2D eigenvalue weighted by Gasteiger charge is 2.24. The van der Waals surface area contributed by atoms with Crippen LogP contribution in [0, 0.1) is 6.92 Å². The van der Waals surface area contributed by atoms with Crippen molar-refractivity contribution in [3.63, 3.8) is 0 Å². The third-order valence-electron chi connectivity index (χ3n) is 4.22. The maximum absolute atomic E-state index is 4.55. The highest BCUT2D eigenvalue weighted by molar-refractivity contribution is 5.80.